The number of aryl methyl sites for hydroxylation is 1. The quantitative estimate of drug-likeness (QED) is 0.363. The molecule has 2 aromatic carbocycles. The van der Waals surface area contributed by atoms with E-state index in [0.29, 0.717) is 5.92 Å². The van der Waals surface area contributed by atoms with Gasteiger partial charge in [-0.3, -0.25) is 0 Å². The second-order valence-corrected chi connectivity index (χ2v) is 8.96. The number of rotatable bonds is 4. The molecule has 4 rings (SSSR count). The van der Waals surface area contributed by atoms with Crippen molar-refractivity contribution >= 4 is 49.0 Å². The van der Waals surface area contributed by atoms with E-state index in [9.17, 15) is 0 Å². The molecule has 0 radical (unpaired) electrons. The van der Waals surface area contributed by atoms with E-state index in [1.54, 1.807) is 17.7 Å². The lowest BCUT2D eigenvalue weighted by atomic mass is 10.0. The van der Waals surface area contributed by atoms with Crippen LogP contribution in [0.1, 0.15) is 30.2 Å². The molecule has 5 heteroatoms. The van der Waals surface area contributed by atoms with Crippen LogP contribution in [0, 0.1) is 6.92 Å². The van der Waals surface area contributed by atoms with E-state index in [-0.39, 0.29) is 0 Å². The molecule has 2 heterocycles. The Kier molecular flexibility index (Phi) is 4.98. The number of nitrogens with one attached hydrogen (secondary N) is 1. The Labute approximate surface area is 171 Å². The van der Waals surface area contributed by atoms with Crippen LogP contribution in [0.4, 0.5) is 11.5 Å². The molecule has 0 fully saturated rings. The van der Waals surface area contributed by atoms with Gasteiger partial charge < -0.3 is 5.32 Å². The summed E-state index contributed by atoms with van der Waals surface area (Å²) in [4.78, 5) is 11.3. The maximum Gasteiger partial charge on any atom is 0.143 e. The zero-order valence-electron chi connectivity index (χ0n) is 15.5. The number of fused-ring (bicyclic) bond motifs is 1. The van der Waals surface area contributed by atoms with E-state index in [1.807, 2.05) is 0 Å². The van der Waals surface area contributed by atoms with E-state index in [2.05, 4.69) is 101 Å². The van der Waals surface area contributed by atoms with E-state index in [0.717, 1.165) is 26.2 Å². The minimum absolute atomic E-state index is 0.522. The predicted molar refractivity (Wildman–Crippen MR) is 119 cm³/mol. The summed E-state index contributed by atoms with van der Waals surface area (Å²) in [7, 11) is 0. The van der Waals surface area contributed by atoms with Crippen molar-refractivity contribution in [2.45, 2.75) is 26.7 Å². The van der Waals surface area contributed by atoms with E-state index < -0.39 is 0 Å². The number of benzene rings is 2. The normalized spacial score (nSPS) is 11.3. The third-order valence-corrected chi connectivity index (χ3v) is 6.18. The van der Waals surface area contributed by atoms with Crippen molar-refractivity contribution in [3.05, 3.63) is 69.8 Å². The fraction of sp³-hybridized carbons (Fsp3) is 0.182. The average molecular weight is 438 g/mol. The first-order valence-electron chi connectivity index (χ1n) is 8.90. The van der Waals surface area contributed by atoms with Gasteiger partial charge >= 0.3 is 0 Å². The number of nitrogens with zero attached hydrogens (tertiary/aromatic N) is 2. The van der Waals surface area contributed by atoms with E-state index >= 15 is 0 Å². The van der Waals surface area contributed by atoms with Crippen LogP contribution in [0.2, 0.25) is 0 Å². The monoisotopic (exact) mass is 437 g/mol. The number of thiophene rings is 1. The first-order chi connectivity index (χ1) is 13.0. The van der Waals surface area contributed by atoms with Gasteiger partial charge in [0.25, 0.3) is 0 Å². The van der Waals surface area contributed by atoms with Crippen molar-refractivity contribution in [2.24, 2.45) is 0 Å². The van der Waals surface area contributed by atoms with Crippen LogP contribution in [0.5, 0.6) is 0 Å². The zero-order chi connectivity index (χ0) is 19.0. The SMILES string of the molecule is Cc1sc2ncnc(Nc3ccc(C(C)C)cc3)c2c1-c1ccc(Br)cc1. The molecule has 0 aliphatic rings. The summed E-state index contributed by atoms with van der Waals surface area (Å²) < 4.78 is 1.07. The smallest absolute Gasteiger partial charge is 0.143 e. The van der Waals surface area contributed by atoms with E-state index in [1.165, 1.54) is 21.6 Å². The van der Waals surface area contributed by atoms with E-state index in [4.69, 9.17) is 0 Å². The molecule has 0 atom stereocenters. The van der Waals surface area contributed by atoms with Gasteiger partial charge in [-0.2, -0.15) is 0 Å². The standard InChI is InChI=1S/C22H20BrN3S/c1-13(2)15-6-10-18(11-7-15)26-21-20-19(16-4-8-17(23)9-5-16)14(3)27-22(20)25-12-24-21/h4-13H,1-3H3,(H,24,25,26). The van der Waals surface area contributed by atoms with Crippen molar-refractivity contribution in [3.8, 4) is 11.1 Å². The van der Waals surface area contributed by atoms with Crippen molar-refractivity contribution in [1.82, 2.24) is 9.97 Å². The molecule has 1 N–H and O–H groups in total. The van der Waals surface area contributed by atoms with Crippen LogP contribution in [-0.4, -0.2) is 9.97 Å². The second-order valence-electron chi connectivity index (χ2n) is 6.84. The predicted octanol–water partition coefficient (Wildman–Crippen LogP) is 7.30. The molecule has 0 bridgehead atoms. The second kappa shape index (κ2) is 7.41. The highest BCUT2D eigenvalue weighted by Gasteiger charge is 2.17. The highest BCUT2D eigenvalue weighted by atomic mass is 79.9. The van der Waals surface area contributed by atoms with Crippen molar-refractivity contribution < 1.29 is 0 Å². The van der Waals surface area contributed by atoms with Gasteiger partial charge in [0, 0.05) is 20.6 Å². The summed E-state index contributed by atoms with van der Waals surface area (Å²) in [6, 6.07) is 17.0. The fourth-order valence-electron chi connectivity index (χ4n) is 3.19. The van der Waals surface area contributed by atoms with Gasteiger partial charge in [-0.25, -0.2) is 9.97 Å². The van der Waals surface area contributed by atoms with Gasteiger partial charge in [0.2, 0.25) is 0 Å². The lowest BCUT2D eigenvalue weighted by Crippen LogP contribution is -1.96. The summed E-state index contributed by atoms with van der Waals surface area (Å²) in [5.41, 5.74) is 4.74. The molecule has 136 valence electrons. The third-order valence-electron chi connectivity index (χ3n) is 4.64. The first kappa shape index (κ1) is 18.1. The molecule has 4 aromatic rings. The Morgan fingerprint density at radius 3 is 2.33 bits per heavy atom. The molecule has 3 nitrogen and oxygen atoms in total. The van der Waals surface area contributed by atoms with Crippen LogP contribution < -0.4 is 5.32 Å². The fourth-order valence-corrected chi connectivity index (χ4v) is 4.47. The minimum Gasteiger partial charge on any atom is -0.340 e. The molecule has 0 unspecified atom stereocenters. The number of halogens is 1. The lowest BCUT2D eigenvalue weighted by Gasteiger charge is -2.11. The molecular formula is C22H20BrN3S. The molecule has 0 saturated heterocycles. The minimum atomic E-state index is 0.522. The van der Waals surface area contributed by atoms with Gasteiger partial charge in [0.05, 0.1) is 5.39 Å². The molecule has 0 amide bonds. The van der Waals surface area contributed by atoms with Crippen LogP contribution in [0.15, 0.2) is 59.3 Å². The maximum atomic E-state index is 4.55. The molecule has 0 aliphatic heterocycles. The highest BCUT2D eigenvalue weighted by Crippen LogP contribution is 2.41. The number of hydrogen-bond donors (Lipinski definition) is 1. The third kappa shape index (κ3) is 3.62. The Bertz CT molecular complexity index is 1080. The topological polar surface area (TPSA) is 37.8 Å². The molecule has 27 heavy (non-hydrogen) atoms. The van der Waals surface area contributed by atoms with Crippen LogP contribution in [-0.2, 0) is 0 Å². The van der Waals surface area contributed by atoms with Gasteiger partial charge in [0.15, 0.2) is 0 Å². The molecule has 0 spiro atoms. The molecule has 0 aliphatic carbocycles. The highest BCUT2D eigenvalue weighted by molar-refractivity contribution is 9.10. The van der Waals surface area contributed by atoms with Crippen molar-refractivity contribution in [1.29, 1.82) is 0 Å². The first-order valence-corrected chi connectivity index (χ1v) is 10.5. The molecular weight excluding hydrogens is 418 g/mol. The van der Waals surface area contributed by atoms with Crippen LogP contribution in [0.25, 0.3) is 21.3 Å². The summed E-state index contributed by atoms with van der Waals surface area (Å²) in [5, 5.41) is 4.57. The maximum absolute atomic E-state index is 4.55. The van der Waals surface area contributed by atoms with Gasteiger partial charge in [-0.1, -0.05) is 54.0 Å². The van der Waals surface area contributed by atoms with Gasteiger partial charge in [-0.05, 0) is 48.2 Å². The average Bonchev–Trinajstić information content (AvgIpc) is 3.00. The lowest BCUT2D eigenvalue weighted by molar-refractivity contribution is 0.867. The largest absolute Gasteiger partial charge is 0.340 e. The number of anilines is 2. The Hall–Kier alpha value is -2.24. The van der Waals surface area contributed by atoms with Gasteiger partial charge in [0.1, 0.15) is 17.0 Å². The Balaban J connectivity index is 1.80. The molecule has 2 aromatic heterocycles. The summed E-state index contributed by atoms with van der Waals surface area (Å²) in [5.74, 6) is 1.37. The zero-order valence-corrected chi connectivity index (χ0v) is 17.9. The van der Waals surface area contributed by atoms with Crippen molar-refractivity contribution in [2.75, 3.05) is 5.32 Å². The summed E-state index contributed by atoms with van der Waals surface area (Å²) in [6.07, 6.45) is 1.63. The molecule has 0 saturated carbocycles. The Morgan fingerprint density at radius 1 is 0.963 bits per heavy atom. The Morgan fingerprint density at radius 2 is 1.67 bits per heavy atom. The summed E-state index contributed by atoms with van der Waals surface area (Å²) in [6.45, 7) is 6.55. The number of hydrogen-bond acceptors (Lipinski definition) is 4. The summed E-state index contributed by atoms with van der Waals surface area (Å²) >= 11 is 5.22. The van der Waals surface area contributed by atoms with Crippen LogP contribution >= 0.6 is 27.3 Å². The van der Waals surface area contributed by atoms with Crippen molar-refractivity contribution in [3.63, 3.8) is 0 Å². The van der Waals surface area contributed by atoms with Gasteiger partial charge in [-0.15, -0.1) is 11.3 Å². The number of aromatic nitrogens is 2. The van der Waals surface area contributed by atoms with Crippen LogP contribution in [0.3, 0.4) is 0 Å².